The van der Waals surface area contributed by atoms with Gasteiger partial charge in [-0.2, -0.15) is 0 Å². The number of H-pyrrole nitrogens is 1. The molecule has 0 fully saturated rings. The van der Waals surface area contributed by atoms with Crippen molar-refractivity contribution in [1.29, 1.82) is 0 Å². The normalized spacial score (nSPS) is 10.8. The highest BCUT2D eigenvalue weighted by atomic mass is 32.1. The molecule has 0 saturated carbocycles. The number of nitrogens with one attached hydrogen (secondary N) is 1. The molecule has 37 heavy (non-hydrogen) atoms. The Morgan fingerprint density at radius 1 is 0.757 bits per heavy atom. The molecule has 5 rings (SSSR count). The van der Waals surface area contributed by atoms with Gasteiger partial charge < -0.3 is 15.1 Å². The number of hydrogen-bond donors (Lipinski definition) is 3. The molecule has 3 N–H and O–H groups in total. The van der Waals surface area contributed by atoms with Gasteiger partial charge in [-0.05, 0) is 46.0 Å². The summed E-state index contributed by atoms with van der Waals surface area (Å²) >= 11 is 0.962. The fourth-order valence-electron chi connectivity index (χ4n) is 4.23. The molecular formula is C30H24N2O4S. The fourth-order valence-corrected chi connectivity index (χ4v) is 4.96. The Labute approximate surface area is 217 Å². The molecule has 0 atom stereocenters. The maximum Gasteiger partial charge on any atom is 0.335 e. The van der Waals surface area contributed by atoms with E-state index in [1.165, 1.54) is 0 Å². The first-order valence-corrected chi connectivity index (χ1v) is 12.5. The Bertz CT molecular complexity index is 1570. The standard InChI is InChI=1S/C30H24N2O4S/c33-28-27(37-30(36)31-28)24-15-11-21(12-16-24)19-32(26-8-4-7-25(17-26)29(34)35)18-20-9-13-23(14-10-20)22-5-2-1-3-6-22/h1-17,33H,18-19H2,(H,31,36)(H,34,35). The van der Waals surface area contributed by atoms with Crippen LogP contribution in [-0.4, -0.2) is 21.2 Å². The quantitative estimate of drug-likeness (QED) is 0.226. The van der Waals surface area contributed by atoms with Gasteiger partial charge in [0.1, 0.15) is 0 Å². The van der Waals surface area contributed by atoms with Gasteiger partial charge in [-0.1, -0.05) is 96.3 Å². The number of nitrogens with zero attached hydrogens (tertiary/aromatic N) is 1. The van der Waals surface area contributed by atoms with Crippen LogP contribution in [0.1, 0.15) is 21.5 Å². The van der Waals surface area contributed by atoms with Gasteiger partial charge in [0, 0.05) is 18.8 Å². The van der Waals surface area contributed by atoms with E-state index in [0.717, 1.165) is 44.8 Å². The average Bonchev–Trinajstić information content (AvgIpc) is 3.27. The first-order valence-electron chi connectivity index (χ1n) is 11.7. The smallest absolute Gasteiger partial charge is 0.335 e. The van der Waals surface area contributed by atoms with Gasteiger partial charge >= 0.3 is 10.8 Å². The van der Waals surface area contributed by atoms with Crippen molar-refractivity contribution in [3.05, 3.63) is 129 Å². The van der Waals surface area contributed by atoms with Crippen molar-refractivity contribution < 1.29 is 15.0 Å². The van der Waals surface area contributed by atoms with E-state index in [4.69, 9.17) is 0 Å². The van der Waals surface area contributed by atoms with E-state index in [9.17, 15) is 19.8 Å². The molecule has 4 aromatic carbocycles. The van der Waals surface area contributed by atoms with Crippen LogP contribution in [-0.2, 0) is 13.1 Å². The zero-order valence-corrected chi connectivity index (χ0v) is 20.6. The Balaban J connectivity index is 1.42. The molecule has 0 radical (unpaired) electrons. The molecule has 7 heteroatoms. The highest BCUT2D eigenvalue weighted by Crippen LogP contribution is 2.30. The van der Waals surface area contributed by atoms with Crippen LogP contribution in [0.4, 0.5) is 5.69 Å². The van der Waals surface area contributed by atoms with Crippen molar-refractivity contribution >= 4 is 23.0 Å². The minimum absolute atomic E-state index is 0.131. The average molecular weight is 509 g/mol. The number of aromatic amines is 1. The number of aromatic carboxylic acids is 1. The number of carbonyl (C=O) groups is 1. The number of anilines is 1. The summed E-state index contributed by atoms with van der Waals surface area (Å²) in [7, 11) is 0. The van der Waals surface area contributed by atoms with Gasteiger partial charge in [-0.25, -0.2) is 4.79 Å². The monoisotopic (exact) mass is 508 g/mol. The topological polar surface area (TPSA) is 93.6 Å². The van der Waals surface area contributed by atoms with Crippen molar-refractivity contribution in [3.63, 3.8) is 0 Å². The number of rotatable bonds is 8. The summed E-state index contributed by atoms with van der Waals surface area (Å²) in [6.07, 6.45) is 0. The number of benzene rings is 4. The van der Waals surface area contributed by atoms with E-state index in [1.807, 2.05) is 48.5 Å². The number of carboxylic acid groups (broad SMARTS) is 1. The van der Waals surface area contributed by atoms with E-state index < -0.39 is 5.97 Å². The third kappa shape index (κ3) is 5.63. The molecule has 1 aromatic heterocycles. The molecule has 1 heterocycles. The molecule has 6 nitrogen and oxygen atoms in total. The molecule has 0 amide bonds. The summed E-state index contributed by atoms with van der Waals surface area (Å²) in [5, 5.41) is 19.5. The van der Waals surface area contributed by atoms with Crippen molar-refractivity contribution in [2.75, 3.05) is 4.90 Å². The number of aromatic hydroxyl groups is 1. The second kappa shape index (κ2) is 10.6. The van der Waals surface area contributed by atoms with Crippen LogP contribution < -0.4 is 9.77 Å². The Morgan fingerprint density at radius 3 is 1.92 bits per heavy atom. The lowest BCUT2D eigenvalue weighted by Gasteiger charge is -2.26. The van der Waals surface area contributed by atoms with Gasteiger partial charge in [0.05, 0.1) is 10.4 Å². The zero-order valence-electron chi connectivity index (χ0n) is 19.8. The molecule has 0 aliphatic rings. The van der Waals surface area contributed by atoms with Crippen LogP contribution in [0.15, 0.2) is 108 Å². The van der Waals surface area contributed by atoms with E-state index in [2.05, 4.69) is 46.3 Å². The third-order valence-electron chi connectivity index (χ3n) is 6.11. The number of thiazole rings is 1. The molecule has 0 saturated heterocycles. The number of hydrogen-bond acceptors (Lipinski definition) is 5. The van der Waals surface area contributed by atoms with Crippen LogP contribution in [0.5, 0.6) is 5.88 Å². The van der Waals surface area contributed by atoms with Crippen molar-refractivity contribution in [2.45, 2.75) is 13.1 Å². The Kier molecular flexibility index (Phi) is 6.87. The molecule has 0 unspecified atom stereocenters. The summed E-state index contributed by atoms with van der Waals surface area (Å²) in [6, 6.07) is 33.1. The summed E-state index contributed by atoms with van der Waals surface area (Å²) in [4.78, 5) is 27.9. The van der Waals surface area contributed by atoms with E-state index in [-0.39, 0.29) is 16.3 Å². The molecule has 5 aromatic rings. The van der Waals surface area contributed by atoms with Gasteiger partial charge in [0.2, 0.25) is 5.88 Å². The Morgan fingerprint density at radius 2 is 1.35 bits per heavy atom. The second-order valence-corrected chi connectivity index (χ2v) is 9.65. The fraction of sp³-hybridized carbons (Fsp3) is 0.0667. The lowest BCUT2D eigenvalue weighted by Crippen LogP contribution is -2.22. The largest absolute Gasteiger partial charge is 0.493 e. The predicted molar refractivity (Wildman–Crippen MR) is 147 cm³/mol. The van der Waals surface area contributed by atoms with E-state index in [0.29, 0.717) is 18.0 Å². The predicted octanol–water partition coefficient (Wildman–Crippen LogP) is 6.38. The Hall–Kier alpha value is -4.62. The molecule has 184 valence electrons. The lowest BCUT2D eigenvalue weighted by molar-refractivity contribution is 0.0697. The van der Waals surface area contributed by atoms with E-state index >= 15 is 0 Å². The van der Waals surface area contributed by atoms with E-state index in [1.54, 1.807) is 18.2 Å². The number of aromatic nitrogens is 1. The highest BCUT2D eigenvalue weighted by molar-refractivity contribution is 7.13. The third-order valence-corrected chi connectivity index (χ3v) is 7.03. The second-order valence-electron chi connectivity index (χ2n) is 8.66. The zero-order chi connectivity index (χ0) is 25.8. The maximum atomic E-state index is 11.6. The first-order chi connectivity index (χ1) is 18.0. The van der Waals surface area contributed by atoms with Crippen LogP contribution in [0, 0.1) is 0 Å². The van der Waals surface area contributed by atoms with Gasteiger partial charge in [-0.15, -0.1) is 0 Å². The minimum atomic E-state index is -0.969. The first kappa shape index (κ1) is 24.1. The molecule has 0 aliphatic heterocycles. The summed E-state index contributed by atoms with van der Waals surface area (Å²) in [5.74, 6) is -1.10. The maximum absolute atomic E-state index is 11.6. The van der Waals surface area contributed by atoms with Crippen LogP contribution >= 0.6 is 11.3 Å². The SMILES string of the molecule is O=C(O)c1cccc(N(Cc2ccc(-c3ccccc3)cc2)Cc2ccc(-c3sc(=O)[nH]c3O)cc2)c1. The van der Waals surface area contributed by atoms with Crippen LogP contribution in [0.2, 0.25) is 0 Å². The van der Waals surface area contributed by atoms with Gasteiger partial charge in [-0.3, -0.25) is 9.78 Å². The molecule has 0 aliphatic carbocycles. The minimum Gasteiger partial charge on any atom is -0.493 e. The van der Waals surface area contributed by atoms with Gasteiger partial charge in [0.15, 0.2) is 0 Å². The van der Waals surface area contributed by atoms with Crippen molar-refractivity contribution in [1.82, 2.24) is 4.98 Å². The van der Waals surface area contributed by atoms with Gasteiger partial charge in [0.25, 0.3) is 0 Å². The summed E-state index contributed by atoms with van der Waals surface area (Å²) < 4.78 is 0. The molecular weight excluding hydrogens is 484 g/mol. The summed E-state index contributed by atoms with van der Waals surface area (Å²) in [6.45, 7) is 1.12. The highest BCUT2D eigenvalue weighted by Gasteiger charge is 2.14. The van der Waals surface area contributed by atoms with Crippen molar-refractivity contribution in [3.8, 4) is 27.4 Å². The van der Waals surface area contributed by atoms with Crippen LogP contribution in [0.3, 0.4) is 0 Å². The summed E-state index contributed by atoms with van der Waals surface area (Å²) in [5.41, 5.74) is 6.17. The van der Waals surface area contributed by atoms with Crippen LogP contribution in [0.25, 0.3) is 21.6 Å². The van der Waals surface area contributed by atoms with Crippen molar-refractivity contribution in [2.24, 2.45) is 0 Å². The lowest BCUT2D eigenvalue weighted by atomic mass is 10.0. The molecule has 0 bridgehead atoms. The molecule has 0 spiro atoms. The number of carboxylic acids is 1.